The Hall–Kier alpha value is -1.71. The van der Waals surface area contributed by atoms with E-state index < -0.39 is 5.41 Å². The van der Waals surface area contributed by atoms with E-state index in [0.717, 1.165) is 16.7 Å². The number of aliphatic hydroxyl groups is 1. The Morgan fingerprint density at radius 3 is 2.40 bits per heavy atom. The molecule has 3 heteroatoms. The highest BCUT2D eigenvalue weighted by molar-refractivity contribution is 5.32. The lowest BCUT2D eigenvalue weighted by Gasteiger charge is -2.31. The fourth-order valence-electron chi connectivity index (χ4n) is 2.45. The molecule has 2 nitrogen and oxygen atoms in total. The second-order valence-corrected chi connectivity index (χ2v) is 5.32. The van der Waals surface area contributed by atoms with Crippen molar-refractivity contribution in [2.24, 2.45) is 5.73 Å². The summed E-state index contributed by atoms with van der Waals surface area (Å²) in [7, 11) is 0. The van der Waals surface area contributed by atoms with Crippen LogP contribution in [0.5, 0.6) is 0 Å². The highest BCUT2D eigenvalue weighted by Crippen LogP contribution is 2.28. The number of rotatable bonds is 5. The molecule has 0 amide bonds. The number of aryl methyl sites for hydroxylation is 1. The molecule has 106 valence electrons. The standard InChI is InChI=1S/C17H20FNO/c1-13-5-7-15(8-6-13)17(11-19,12-20)10-14-3-2-4-16(18)9-14/h2-9,20H,10-12,19H2,1H3. The molecular formula is C17H20FNO. The lowest BCUT2D eigenvalue weighted by atomic mass is 9.76. The van der Waals surface area contributed by atoms with Crippen molar-refractivity contribution >= 4 is 0 Å². The zero-order chi connectivity index (χ0) is 14.6. The van der Waals surface area contributed by atoms with Gasteiger partial charge in [-0.3, -0.25) is 0 Å². The van der Waals surface area contributed by atoms with Gasteiger partial charge in [-0.2, -0.15) is 0 Å². The van der Waals surface area contributed by atoms with Gasteiger partial charge in [0.25, 0.3) is 0 Å². The monoisotopic (exact) mass is 273 g/mol. The van der Waals surface area contributed by atoms with Crippen LogP contribution in [0.1, 0.15) is 16.7 Å². The third-order valence-corrected chi connectivity index (χ3v) is 3.79. The van der Waals surface area contributed by atoms with Crippen LogP contribution in [0, 0.1) is 12.7 Å². The smallest absolute Gasteiger partial charge is 0.123 e. The zero-order valence-corrected chi connectivity index (χ0v) is 11.6. The zero-order valence-electron chi connectivity index (χ0n) is 11.6. The average molecular weight is 273 g/mol. The number of halogens is 1. The summed E-state index contributed by atoms with van der Waals surface area (Å²) in [6, 6.07) is 14.4. The van der Waals surface area contributed by atoms with Crippen LogP contribution >= 0.6 is 0 Å². The lowest BCUT2D eigenvalue weighted by Crippen LogP contribution is -2.41. The Morgan fingerprint density at radius 1 is 1.15 bits per heavy atom. The molecule has 0 fully saturated rings. The van der Waals surface area contributed by atoms with Gasteiger partial charge in [-0.1, -0.05) is 42.0 Å². The number of nitrogens with two attached hydrogens (primary N) is 1. The Bertz CT molecular complexity index is 561. The highest BCUT2D eigenvalue weighted by Gasteiger charge is 2.30. The van der Waals surface area contributed by atoms with Crippen molar-refractivity contribution < 1.29 is 9.50 Å². The van der Waals surface area contributed by atoms with Crippen molar-refractivity contribution in [1.29, 1.82) is 0 Å². The normalized spacial score (nSPS) is 14.0. The minimum atomic E-state index is -0.568. The fraction of sp³-hybridized carbons (Fsp3) is 0.294. The summed E-state index contributed by atoms with van der Waals surface area (Å²) in [5.41, 5.74) is 8.33. The number of hydrogen-bond donors (Lipinski definition) is 2. The molecule has 2 rings (SSSR count). The molecule has 0 bridgehead atoms. The molecular weight excluding hydrogens is 253 g/mol. The predicted octanol–water partition coefficient (Wildman–Crippen LogP) is 2.57. The minimum absolute atomic E-state index is 0.0664. The van der Waals surface area contributed by atoms with E-state index in [4.69, 9.17) is 5.73 Å². The number of hydrogen-bond acceptors (Lipinski definition) is 2. The summed E-state index contributed by atoms with van der Waals surface area (Å²) in [6.45, 7) is 2.26. The van der Waals surface area contributed by atoms with E-state index in [0.29, 0.717) is 13.0 Å². The molecule has 0 heterocycles. The average Bonchev–Trinajstić information content (AvgIpc) is 2.46. The highest BCUT2D eigenvalue weighted by atomic mass is 19.1. The molecule has 0 saturated heterocycles. The number of benzene rings is 2. The van der Waals surface area contributed by atoms with Crippen molar-refractivity contribution in [3.63, 3.8) is 0 Å². The van der Waals surface area contributed by atoms with Crippen LogP contribution in [-0.2, 0) is 11.8 Å². The van der Waals surface area contributed by atoms with Crippen LogP contribution in [0.25, 0.3) is 0 Å². The maximum atomic E-state index is 13.3. The van der Waals surface area contributed by atoms with E-state index in [-0.39, 0.29) is 12.4 Å². The van der Waals surface area contributed by atoms with Crippen molar-refractivity contribution in [2.75, 3.05) is 13.2 Å². The first-order valence-electron chi connectivity index (χ1n) is 6.72. The number of aliphatic hydroxyl groups excluding tert-OH is 1. The van der Waals surface area contributed by atoms with E-state index in [1.165, 1.54) is 12.1 Å². The molecule has 0 aliphatic heterocycles. The summed E-state index contributed by atoms with van der Waals surface area (Å²) in [5, 5.41) is 9.86. The van der Waals surface area contributed by atoms with Crippen LogP contribution in [0.2, 0.25) is 0 Å². The van der Waals surface area contributed by atoms with Crippen LogP contribution in [0.3, 0.4) is 0 Å². The van der Waals surface area contributed by atoms with Gasteiger partial charge in [0.05, 0.1) is 6.61 Å². The molecule has 0 radical (unpaired) electrons. The van der Waals surface area contributed by atoms with Crippen molar-refractivity contribution in [2.45, 2.75) is 18.8 Å². The molecule has 0 spiro atoms. The van der Waals surface area contributed by atoms with Gasteiger partial charge in [0.15, 0.2) is 0 Å². The van der Waals surface area contributed by atoms with Crippen LogP contribution in [-0.4, -0.2) is 18.3 Å². The van der Waals surface area contributed by atoms with E-state index in [9.17, 15) is 9.50 Å². The lowest BCUT2D eigenvalue weighted by molar-refractivity contribution is 0.196. The van der Waals surface area contributed by atoms with Gasteiger partial charge in [0, 0.05) is 12.0 Å². The van der Waals surface area contributed by atoms with Crippen molar-refractivity contribution in [3.8, 4) is 0 Å². The second-order valence-electron chi connectivity index (χ2n) is 5.32. The van der Waals surface area contributed by atoms with Gasteiger partial charge in [-0.05, 0) is 36.6 Å². The topological polar surface area (TPSA) is 46.2 Å². The summed E-state index contributed by atoms with van der Waals surface area (Å²) in [4.78, 5) is 0. The van der Waals surface area contributed by atoms with E-state index in [1.54, 1.807) is 6.07 Å². The molecule has 0 aliphatic carbocycles. The summed E-state index contributed by atoms with van der Waals surface area (Å²) < 4.78 is 13.3. The van der Waals surface area contributed by atoms with E-state index in [2.05, 4.69) is 0 Å². The van der Waals surface area contributed by atoms with E-state index in [1.807, 2.05) is 37.3 Å². The minimum Gasteiger partial charge on any atom is -0.395 e. The molecule has 0 aromatic heterocycles. The molecule has 2 aromatic carbocycles. The largest absolute Gasteiger partial charge is 0.395 e. The van der Waals surface area contributed by atoms with Gasteiger partial charge in [0.1, 0.15) is 5.82 Å². The van der Waals surface area contributed by atoms with Gasteiger partial charge in [0.2, 0.25) is 0 Å². The summed E-state index contributed by atoms with van der Waals surface area (Å²) in [5.74, 6) is -0.268. The fourth-order valence-corrected chi connectivity index (χ4v) is 2.45. The summed E-state index contributed by atoms with van der Waals surface area (Å²) >= 11 is 0. The van der Waals surface area contributed by atoms with Gasteiger partial charge in [-0.15, -0.1) is 0 Å². The Morgan fingerprint density at radius 2 is 1.85 bits per heavy atom. The molecule has 1 unspecified atom stereocenters. The van der Waals surface area contributed by atoms with Crippen LogP contribution in [0.15, 0.2) is 48.5 Å². The second kappa shape index (κ2) is 6.16. The van der Waals surface area contributed by atoms with Gasteiger partial charge in [-0.25, -0.2) is 4.39 Å². The Labute approximate surface area is 119 Å². The summed E-state index contributed by atoms with van der Waals surface area (Å²) in [6.07, 6.45) is 0.515. The first-order valence-corrected chi connectivity index (χ1v) is 6.72. The Balaban J connectivity index is 2.36. The molecule has 1 atom stereocenters. The van der Waals surface area contributed by atoms with Gasteiger partial charge < -0.3 is 10.8 Å². The van der Waals surface area contributed by atoms with Gasteiger partial charge >= 0.3 is 0 Å². The van der Waals surface area contributed by atoms with Crippen LogP contribution < -0.4 is 5.73 Å². The molecule has 0 saturated carbocycles. The molecule has 2 aromatic rings. The van der Waals surface area contributed by atoms with Crippen molar-refractivity contribution in [3.05, 3.63) is 71.0 Å². The predicted molar refractivity (Wildman–Crippen MR) is 79.1 cm³/mol. The Kier molecular flexibility index (Phi) is 4.53. The van der Waals surface area contributed by atoms with Crippen molar-refractivity contribution in [1.82, 2.24) is 0 Å². The third kappa shape index (κ3) is 3.06. The first kappa shape index (κ1) is 14.7. The molecule has 0 aliphatic rings. The van der Waals surface area contributed by atoms with Crippen LogP contribution in [0.4, 0.5) is 4.39 Å². The molecule has 20 heavy (non-hydrogen) atoms. The quantitative estimate of drug-likeness (QED) is 0.879. The SMILES string of the molecule is Cc1ccc(C(CN)(CO)Cc2cccc(F)c2)cc1. The molecule has 3 N–H and O–H groups in total. The maximum Gasteiger partial charge on any atom is 0.123 e. The maximum absolute atomic E-state index is 13.3. The van der Waals surface area contributed by atoms with E-state index >= 15 is 0 Å². The first-order chi connectivity index (χ1) is 9.59. The third-order valence-electron chi connectivity index (χ3n) is 3.79.